The molecule has 7 nitrogen and oxygen atoms in total. The number of aromatic amines is 1. The number of para-hydroxylation sites is 1. The van der Waals surface area contributed by atoms with Gasteiger partial charge < -0.3 is 4.90 Å². The van der Waals surface area contributed by atoms with E-state index in [-0.39, 0.29) is 12.5 Å². The van der Waals surface area contributed by atoms with Crippen molar-refractivity contribution in [3.8, 4) is 11.1 Å². The maximum atomic E-state index is 13.5. The lowest BCUT2D eigenvalue weighted by Crippen LogP contribution is -2.33. The van der Waals surface area contributed by atoms with Crippen LogP contribution in [0.5, 0.6) is 0 Å². The van der Waals surface area contributed by atoms with Gasteiger partial charge in [-0.25, -0.2) is 4.68 Å². The van der Waals surface area contributed by atoms with Gasteiger partial charge in [-0.05, 0) is 54.4 Å². The number of hydrogen-bond acceptors (Lipinski definition) is 4. The average Bonchev–Trinajstić information content (AvgIpc) is 3.44. The van der Waals surface area contributed by atoms with Crippen LogP contribution in [0.3, 0.4) is 0 Å². The van der Waals surface area contributed by atoms with Crippen molar-refractivity contribution < 1.29 is 4.79 Å². The minimum Gasteiger partial charge on any atom is -0.306 e. The summed E-state index contributed by atoms with van der Waals surface area (Å²) in [6.07, 6.45) is 1.80. The highest BCUT2D eigenvalue weighted by Gasteiger charge is 2.19. The summed E-state index contributed by atoms with van der Waals surface area (Å²) >= 11 is 6.19. The number of fused-ring (bicyclic) bond motifs is 1. The van der Waals surface area contributed by atoms with Gasteiger partial charge >= 0.3 is 0 Å². The number of rotatable bonds is 6. The van der Waals surface area contributed by atoms with Crippen molar-refractivity contribution in [2.24, 2.45) is 0 Å². The molecule has 0 aliphatic carbocycles. The Morgan fingerprint density at radius 2 is 1.88 bits per heavy atom. The quantitative estimate of drug-likeness (QED) is 0.389. The van der Waals surface area contributed by atoms with E-state index in [1.807, 2.05) is 79.7 Å². The molecule has 8 heteroatoms. The predicted molar refractivity (Wildman–Crippen MR) is 129 cm³/mol. The summed E-state index contributed by atoms with van der Waals surface area (Å²) in [4.78, 5) is 15.2. The second-order valence-electron chi connectivity index (χ2n) is 7.80. The zero-order chi connectivity index (χ0) is 22.8. The van der Waals surface area contributed by atoms with Gasteiger partial charge in [-0.15, -0.1) is 5.10 Å². The topological polar surface area (TPSA) is 79.7 Å². The fourth-order valence-electron chi connectivity index (χ4n) is 3.85. The van der Waals surface area contributed by atoms with Gasteiger partial charge in [0.25, 0.3) is 0 Å². The van der Waals surface area contributed by atoms with E-state index < -0.39 is 0 Å². The molecular formula is C25H21ClN6O. The van der Waals surface area contributed by atoms with E-state index in [9.17, 15) is 4.79 Å². The first-order valence-electron chi connectivity index (χ1n) is 10.5. The van der Waals surface area contributed by atoms with E-state index in [1.165, 1.54) is 0 Å². The first-order chi connectivity index (χ1) is 16.1. The molecule has 3 aromatic carbocycles. The van der Waals surface area contributed by atoms with E-state index in [1.54, 1.807) is 15.8 Å². The fraction of sp³-hybridized carbons (Fsp3) is 0.120. The first kappa shape index (κ1) is 20.9. The maximum absolute atomic E-state index is 13.5. The Labute approximate surface area is 195 Å². The number of amides is 1. The Kier molecular flexibility index (Phi) is 5.62. The minimum atomic E-state index is -0.0992. The molecule has 0 aliphatic rings. The van der Waals surface area contributed by atoms with E-state index in [4.69, 9.17) is 11.6 Å². The number of anilines is 1. The maximum Gasteiger partial charge on any atom is 0.249 e. The summed E-state index contributed by atoms with van der Waals surface area (Å²) in [5, 5.41) is 16.0. The third-order valence-electron chi connectivity index (χ3n) is 5.56. The monoisotopic (exact) mass is 456 g/mol. The van der Waals surface area contributed by atoms with Crippen molar-refractivity contribution in [1.29, 1.82) is 0 Å². The molecule has 0 radical (unpaired) electrons. The van der Waals surface area contributed by atoms with Crippen molar-refractivity contribution in [1.82, 2.24) is 25.2 Å². The molecule has 0 spiro atoms. The van der Waals surface area contributed by atoms with Crippen molar-refractivity contribution in [3.63, 3.8) is 0 Å². The summed E-state index contributed by atoms with van der Waals surface area (Å²) in [7, 11) is 0. The molecule has 0 bridgehead atoms. The van der Waals surface area contributed by atoms with Gasteiger partial charge in [0.1, 0.15) is 12.1 Å². The van der Waals surface area contributed by atoms with Gasteiger partial charge in [0.2, 0.25) is 5.91 Å². The van der Waals surface area contributed by atoms with Crippen LogP contribution in [-0.4, -0.2) is 31.1 Å². The summed E-state index contributed by atoms with van der Waals surface area (Å²) in [6, 6.07) is 23.0. The van der Waals surface area contributed by atoms with Gasteiger partial charge in [-0.3, -0.25) is 9.89 Å². The molecule has 2 heterocycles. The molecule has 1 amide bonds. The third-order valence-corrected chi connectivity index (χ3v) is 5.79. The van der Waals surface area contributed by atoms with Crippen molar-refractivity contribution in [2.45, 2.75) is 20.0 Å². The molecule has 33 heavy (non-hydrogen) atoms. The highest BCUT2D eigenvalue weighted by Crippen LogP contribution is 2.26. The normalized spacial score (nSPS) is 11.1. The van der Waals surface area contributed by atoms with Crippen LogP contribution in [0.25, 0.3) is 22.2 Å². The molecule has 0 saturated carbocycles. The van der Waals surface area contributed by atoms with Crippen LogP contribution in [0.1, 0.15) is 11.3 Å². The highest BCUT2D eigenvalue weighted by molar-refractivity contribution is 6.30. The molecule has 1 N–H and O–H groups in total. The summed E-state index contributed by atoms with van der Waals surface area (Å²) < 4.78 is 1.63. The number of nitrogens with zero attached hydrogens (tertiary/aromatic N) is 5. The Hall–Kier alpha value is -3.97. The highest BCUT2D eigenvalue weighted by atomic mass is 35.5. The van der Waals surface area contributed by atoms with E-state index >= 15 is 0 Å². The van der Waals surface area contributed by atoms with Gasteiger partial charge in [0, 0.05) is 22.0 Å². The number of aryl methyl sites for hydroxylation is 1. The molecular weight excluding hydrogens is 436 g/mol. The zero-order valence-corrected chi connectivity index (χ0v) is 18.7. The lowest BCUT2D eigenvalue weighted by molar-refractivity contribution is -0.119. The van der Waals surface area contributed by atoms with E-state index in [0.29, 0.717) is 11.6 Å². The molecule has 0 unspecified atom stereocenters. The molecule has 5 rings (SSSR count). The Morgan fingerprint density at radius 3 is 2.64 bits per heavy atom. The summed E-state index contributed by atoms with van der Waals surface area (Å²) in [5.74, 6) is -0.0992. The van der Waals surface area contributed by atoms with Gasteiger partial charge in [0.15, 0.2) is 0 Å². The van der Waals surface area contributed by atoms with Crippen molar-refractivity contribution in [2.75, 3.05) is 4.90 Å². The summed E-state index contributed by atoms with van der Waals surface area (Å²) in [6.45, 7) is 2.44. The van der Waals surface area contributed by atoms with Crippen LogP contribution < -0.4 is 4.90 Å². The number of benzene rings is 3. The largest absolute Gasteiger partial charge is 0.306 e. The van der Waals surface area contributed by atoms with Crippen LogP contribution in [0, 0.1) is 6.92 Å². The standard InChI is InChI=1S/C25H21ClN6O/c1-17-22(14-27-28-17)19-9-11-21(12-10-19)31(15-18-5-4-6-20(26)13-18)25(33)16-32-24-8-3-2-7-23(24)29-30-32/h2-14H,15-16H2,1H3,(H,27,28). The molecule has 2 aromatic heterocycles. The lowest BCUT2D eigenvalue weighted by atomic mass is 10.1. The lowest BCUT2D eigenvalue weighted by Gasteiger charge is -2.23. The van der Waals surface area contributed by atoms with Crippen LogP contribution in [-0.2, 0) is 17.9 Å². The number of carbonyl (C=O) groups is 1. The van der Waals surface area contributed by atoms with E-state index in [2.05, 4.69) is 20.5 Å². The van der Waals surface area contributed by atoms with Crippen molar-refractivity contribution in [3.05, 3.63) is 95.3 Å². The average molecular weight is 457 g/mol. The summed E-state index contributed by atoms with van der Waals surface area (Å²) in [5.41, 5.74) is 6.35. The van der Waals surface area contributed by atoms with Gasteiger partial charge in [0.05, 0.1) is 18.3 Å². The number of H-pyrrole nitrogens is 1. The van der Waals surface area contributed by atoms with Crippen LogP contribution in [0.2, 0.25) is 5.02 Å². The van der Waals surface area contributed by atoms with Crippen LogP contribution in [0.15, 0.2) is 79.0 Å². The molecule has 0 saturated heterocycles. The number of nitrogens with one attached hydrogen (secondary N) is 1. The number of aromatic nitrogens is 5. The van der Waals surface area contributed by atoms with Gasteiger partial charge in [-0.1, -0.05) is 53.2 Å². The van der Waals surface area contributed by atoms with Crippen molar-refractivity contribution >= 4 is 34.2 Å². The number of carbonyl (C=O) groups excluding carboxylic acids is 1. The zero-order valence-electron chi connectivity index (χ0n) is 17.9. The number of halogens is 1. The van der Waals surface area contributed by atoms with Crippen LogP contribution >= 0.6 is 11.6 Å². The second kappa shape index (κ2) is 8.88. The molecule has 0 atom stereocenters. The Balaban J connectivity index is 1.47. The Bertz CT molecular complexity index is 1420. The van der Waals surface area contributed by atoms with Gasteiger partial charge in [-0.2, -0.15) is 5.10 Å². The predicted octanol–water partition coefficient (Wildman–Crippen LogP) is 5.02. The molecule has 0 aliphatic heterocycles. The number of hydrogen-bond donors (Lipinski definition) is 1. The first-order valence-corrected chi connectivity index (χ1v) is 10.9. The molecule has 0 fully saturated rings. The molecule has 164 valence electrons. The fourth-order valence-corrected chi connectivity index (χ4v) is 4.06. The molecule has 5 aromatic rings. The smallest absolute Gasteiger partial charge is 0.249 e. The van der Waals surface area contributed by atoms with Crippen LogP contribution in [0.4, 0.5) is 5.69 Å². The second-order valence-corrected chi connectivity index (χ2v) is 8.24. The SMILES string of the molecule is Cc1[nH]ncc1-c1ccc(N(Cc2cccc(Cl)c2)C(=O)Cn2nnc3ccccc32)cc1. The Morgan fingerprint density at radius 1 is 1.06 bits per heavy atom. The van der Waals surface area contributed by atoms with E-state index in [0.717, 1.165) is 39.1 Å². The third kappa shape index (κ3) is 4.36. The minimum absolute atomic E-state index is 0.0731.